The molecule has 0 unspecified atom stereocenters. The molecule has 366 valence electrons. The fourth-order valence-electron chi connectivity index (χ4n) is 11.9. The van der Waals surface area contributed by atoms with Gasteiger partial charge >= 0.3 is 0 Å². The van der Waals surface area contributed by atoms with Gasteiger partial charge in [0.25, 0.3) is 0 Å². The molecular weight excluding hydrogens is 1020 g/mol. The summed E-state index contributed by atoms with van der Waals surface area (Å²) in [6.45, 7) is 0. The molecule has 0 bridgehead atoms. The lowest BCUT2D eigenvalue weighted by Crippen LogP contribution is -2.10. The third-order valence-corrected chi connectivity index (χ3v) is 20.1. The molecule has 0 aliphatic heterocycles. The highest BCUT2D eigenvalue weighted by atomic mass is 32.1. The van der Waals surface area contributed by atoms with Crippen LogP contribution in [0.15, 0.2) is 267 Å². The van der Waals surface area contributed by atoms with E-state index in [2.05, 4.69) is 277 Å². The molecule has 4 heterocycles. The highest BCUT2D eigenvalue weighted by Gasteiger charge is 2.28. The number of benzene rings is 12. The number of rotatable bonds is 9. The molecule has 0 aliphatic rings. The minimum atomic E-state index is 1.10. The average Bonchev–Trinajstić information content (AvgIpc) is 4.45. The van der Waals surface area contributed by atoms with E-state index in [1.807, 2.05) is 45.3 Å². The van der Waals surface area contributed by atoms with Gasteiger partial charge in [-0.15, -0.1) is 45.3 Å². The first-order chi connectivity index (χ1) is 38.7. The van der Waals surface area contributed by atoms with Crippen LogP contribution in [0, 0.1) is 0 Å². The summed E-state index contributed by atoms with van der Waals surface area (Å²) in [6, 6.07) is 99.0. The lowest BCUT2D eigenvalue weighted by Gasteiger charge is -2.28. The Morgan fingerprint density at radius 1 is 0.244 bits per heavy atom. The van der Waals surface area contributed by atoms with E-state index < -0.39 is 0 Å². The largest absolute Gasteiger partial charge is 0.310 e. The van der Waals surface area contributed by atoms with Crippen molar-refractivity contribution in [3.8, 4) is 32.0 Å². The van der Waals surface area contributed by atoms with E-state index in [1.165, 1.54) is 120 Å². The molecule has 12 aromatic carbocycles. The minimum absolute atomic E-state index is 1.10. The van der Waals surface area contributed by atoms with Crippen LogP contribution in [-0.2, 0) is 0 Å². The van der Waals surface area contributed by atoms with Crippen molar-refractivity contribution in [2.75, 3.05) is 9.80 Å². The second kappa shape index (κ2) is 18.4. The van der Waals surface area contributed by atoms with Crippen molar-refractivity contribution in [2.24, 2.45) is 0 Å². The molecule has 0 radical (unpaired) electrons. The van der Waals surface area contributed by atoms with Crippen LogP contribution in [-0.4, -0.2) is 0 Å². The summed E-state index contributed by atoms with van der Waals surface area (Å²) in [6.07, 6.45) is 0. The van der Waals surface area contributed by atoms with Crippen LogP contribution in [0.3, 0.4) is 0 Å². The van der Waals surface area contributed by atoms with Crippen molar-refractivity contribution < 1.29 is 0 Å². The Morgan fingerprint density at radius 2 is 0.667 bits per heavy atom. The highest BCUT2D eigenvalue weighted by Crippen LogP contribution is 2.56. The predicted octanol–water partition coefficient (Wildman–Crippen LogP) is 23.1. The van der Waals surface area contributed by atoms with Gasteiger partial charge in [0.05, 0.1) is 10.4 Å². The van der Waals surface area contributed by atoms with Crippen molar-refractivity contribution in [1.82, 2.24) is 0 Å². The van der Waals surface area contributed by atoms with E-state index in [0.29, 0.717) is 0 Å². The molecule has 0 saturated heterocycles. The maximum absolute atomic E-state index is 2.55. The average molecular weight is 1070 g/mol. The van der Waals surface area contributed by atoms with E-state index in [4.69, 9.17) is 0 Å². The third kappa shape index (κ3) is 7.40. The molecule has 2 nitrogen and oxygen atoms in total. The minimum Gasteiger partial charge on any atom is -0.310 e. The molecule has 16 aromatic rings. The fraction of sp³-hybridized carbons (Fsp3) is 0. The summed E-state index contributed by atoms with van der Waals surface area (Å²) in [4.78, 5) is 7.44. The molecule has 78 heavy (non-hydrogen) atoms. The highest BCUT2D eigenvalue weighted by molar-refractivity contribution is 7.26. The van der Waals surface area contributed by atoms with E-state index in [9.17, 15) is 0 Å². The first kappa shape index (κ1) is 45.3. The molecule has 0 N–H and O–H groups in total. The summed E-state index contributed by atoms with van der Waals surface area (Å²) in [7, 11) is 0. The summed E-state index contributed by atoms with van der Waals surface area (Å²) in [5.74, 6) is 0. The van der Waals surface area contributed by atoms with Gasteiger partial charge in [0.15, 0.2) is 0 Å². The van der Waals surface area contributed by atoms with Gasteiger partial charge in [-0.3, -0.25) is 0 Å². The standard InChI is InChI=1S/C72H44N2S4/c1-3-21-48(22-4-1)73(51-37-39-65-59(41-51)57-27-11-13-31-63(57)75-65)50-35-33-47(34-36-50)69-61-43-67(55-29-15-19-45-17-7-9-25-53(45)55)78-72(61)70(62-44-68(77-71(62)69)56-30-16-20-46-18-8-10-26-54(46)56)74(49-23-5-2-6-24-49)52-38-40-66-60(42-52)58-28-12-14-32-64(58)76-66/h1-44H. The normalized spacial score (nSPS) is 11.8. The van der Waals surface area contributed by atoms with Gasteiger partial charge in [-0.1, -0.05) is 170 Å². The Balaban J connectivity index is 0.980. The van der Waals surface area contributed by atoms with E-state index in [1.54, 1.807) is 0 Å². The Kier molecular flexibility index (Phi) is 10.7. The fourth-order valence-corrected chi connectivity index (χ4v) is 16.6. The van der Waals surface area contributed by atoms with Crippen LogP contribution in [0.4, 0.5) is 34.1 Å². The molecule has 0 atom stereocenters. The van der Waals surface area contributed by atoms with Crippen LogP contribution in [0.2, 0.25) is 0 Å². The van der Waals surface area contributed by atoms with Crippen molar-refractivity contribution in [2.45, 2.75) is 0 Å². The number of nitrogens with zero attached hydrogens (tertiary/aromatic N) is 2. The number of anilines is 6. The second-order valence-corrected chi connectivity index (χ2v) is 24.2. The molecule has 6 heteroatoms. The van der Waals surface area contributed by atoms with Gasteiger partial charge in [0.1, 0.15) is 0 Å². The Labute approximate surface area is 466 Å². The summed E-state index contributed by atoms with van der Waals surface area (Å²) in [5, 5.41) is 12.6. The molecule has 0 aliphatic carbocycles. The topological polar surface area (TPSA) is 6.48 Å². The van der Waals surface area contributed by atoms with Gasteiger partial charge in [0.2, 0.25) is 0 Å². The van der Waals surface area contributed by atoms with Crippen molar-refractivity contribution in [1.29, 1.82) is 0 Å². The molecule has 0 saturated carbocycles. The maximum Gasteiger partial charge on any atom is 0.0727 e. The monoisotopic (exact) mass is 1060 g/mol. The molecular formula is C72H44N2S4. The number of hydrogen-bond acceptors (Lipinski definition) is 6. The van der Waals surface area contributed by atoms with Crippen LogP contribution in [0.1, 0.15) is 0 Å². The van der Waals surface area contributed by atoms with Gasteiger partial charge in [-0.2, -0.15) is 0 Å². The predicted molar refractivity (Wildman–Crippen MR) is 344 cm³/mol. The number of fused-ring (bicyclic) bond motifs is 10. The number of para-hydroxylation sites is 2. The maximum atomic E-state index is 2.55. The van der Waals surface area contributed by atoms with Crippen LogP contribution < -0.4 is 9.80 Å². The molecule has 0 fully saturated rings. The SMILES string of the molecule is c1ccc(N(c2ccc(-c3c4cc(-c5cccc6ccccc56)sc4c(N(c4ccccc4)c4ccc5sc6ccccc6c5c4)c4cc(-c5cccc6ccccc56)sc34)cc2)c2ccc3sc4ccccc4c3c2)cc1. The van der Waals surface area contributed by atoms with E-state index in [-0.39, 0.29) is 0 Å². The van der Waals surface area contributed by atoms with E-state index in [0.717, 1.165) is 28.4 Å². The van der Waals surface area contributed by atoms with Gasteiger partial charge in [-0.05, 0) is 135 Å². The van der Waals surface area contributed by atoms with Crippen molar-refractivity contribution >= 4 is 162 Å². The summed E-state index contributed by atoms with van der Waals surface area (Å²) >= 11 is 7.55. The Bertz CT molecular complexity index is 4840. The quantitative estimate of drug-likeness (QED) is 0.142. The zero-order chi connectivity index (χ0) is 51.3. The zero-order valence-electron chi connectivity index (χ0n) is 41.9. The molecule has 4 aromatic heterocycles. The zero-order valence-corrected chi connectivity index (χ0v) is 45.2. The lowest BCUT2D eigenvalue weighted by molar-refractivity contribution is 1.29. The number of hydrogen-bond donors (Lipinski definition) is 0. The molecule has 0 spiro atoms. The first-order valence-electron chi connectivity index (χ1n) is 26.3. The van der Waals surface area contributed by atoms with Gasteiger partial charge in [-0.25, -0.2) is 0 Å². The molecule has 0 amide bonds. The second-order valence-electron chi connectivity index (χ2n) is 19.9. The van der Waals surface area contributed by atoms with E-state index >= 15 is 0 Å². The summed E-state index contributed by atoms with van der Waals surface area (Å²) < 4.78 is 7.69. The van der Waals surface area contributed by atoms with Crippen molar-refractivity contribution in [3.05, 3.63) is 267 Å². The van der Waals surface area contributed by atoms with Gasteiger partial charge < -0.3 is 9.80 Å². The lowest BCUT2D eigenvalue weighted by atomic mass is 9.96. The molecule has 16 rings (SSSR count). The third-order valence-electron chi connectivity index (χ3n) is 15.4. The van der Waals surface area contributed by atoms with Crippen molar-refractivity contribution in [3.63, 3.8) is 0 Å². The Hall–Kier alpha value is -8.88. The van der Waals surface area contributed by atoms with Crippen LogP contribution in [0.5, 0.6) is 0 Å². The first-order valence-corrected chi connectivity index (χ1v) is 29.6. The smallest absolute Gasteiger partial charge is 0.0727 e. The van der Waals surface area contributed by atoms with Crippen LogP contribution in [0.25, 0.3) is 114 Å². The van der Waals surface area contributed by atoms with Gasteiger partial charge in [0, 0.05) is 99.6 Å². The number of thiophene rings is 4. The summed E-state index contributed by atoms with van der Waals surface area (Å²) in [5.41, 5.74) is 11.7. The Morgan fingerprint density at radius 3 is 1.24 bits per heavy atom. The van der Waals surface area contributed by atoms with Crippen LogP contribution >= 0.6 is 45.3 Å².